The van der Waals surface area contributed by atoms with Crippen LogP contribution in [0, 0.1) is 13.8 Å². The summed E-state index contributed by atoms with van der Waals surface area (Å²) in [5.74, 6) is 0.518. The van der Waals surface area contributed by atoms with Crippen LogP contribution in [-0.4, -0.2) is 28.0 Å². The van der Waals surface area contributed by atoms with Crippen LogP contribution in [0.1, 0.15) is 39.0 Å². The number of amides is 1. The van der Waals surface area contributed by atoms with Crippen LogP contribution in [0.2, 0.25) is 0 Å². The molecule has 1 aliphatic heterocycles. The maximum Gasteiger partial charge on any atom is 0.278 e. The van der Waals surface area contributed by atoms with Gasteiger partial charge in [-0.25, -0.2) is 4.68 Å². The number of carbonyl (C=O) groups is 1. The van der Waals surface area contributed by atoms with Gasteiger partial charge >= 0.3 is 0 Å². The number of rotatable bonds is 4. The molecule has 1 atom stereocenters. The highest BCUT2D eigenvalue weighted by Gasteiger charge is 2.27. The SMILES string of the molecule is COc1ccc([C@H]2Cn3nnc(C(=O)Nc4cc(C)cc(C)c4)c3CO2)cc1. The predicted molar refractivity (Wildman–Crippen MR) is 104 cm³/mol. The number of fused-ring (bicyclic) bond motifs is 1. The summed E-state index contributed by atoms with van der Waals surface area (Å²) < 4.78 is 12.9. The number of hydrogen-bond acceptors (Lipinski definition) is 5. The first kappa shape index (κ1) is 18.2. The molecule has 7 heteroatoms. The third kappa shape index (κ3) is 3.61. The number of anilines is 1. The van der Waals surface area contributed by atoms with Gasteiger partial charge in [0.05, 0.1) is 26.0 Å². The summed E-state index contributed by atoms with van der Waals surface area (Å²) in [6, 6.07) is 13.7. The van der Waals surface area contributed by atoms with E-state index in [9.17, 15) is 4.79 Å². The molecule has 1 aliphatic rings. The van der Waals surface area contributed by atoms with E-state index < -0.39 is 0 Å². The van der Waals surface area contributed by atoms with Gasteiger partial charge in [-0.1, -0.05) is 23.4 Å². The molecular formula is C21H22N4O3. The Balaban J connectivity index is 1.50. The first-order valence-corrected chi connectivity index (χ1v) is 9.11. The van der Waals surface area contributed by atoms with Gasteiger partial charge < -0.3 is 14.8 Å². The van der Waals surface area contributed by atoms with Crippen LogP contribution >= 0.6 is 0 Å². The first-order chi connectivity index (χ1) is 13.5. The minimum atomic E-state index is -0.280. The molecule has 2 heterocycles. The maximum atomic E-state index is 12.7. The van der Waals surface area contributed by atoms with E-state index in [-0.39, 0.29) is 18.6 Å². The van der Waals surface area contributed by atoms with Crippen LogP contribution < -0.4 is 10.1 Å². The molecule has 0 fully saturated rings. The topological polar surface area (TPSA) is 78.3 Å². The Morgan fingerprint density at radius 2 is 1.89 bits per heavy atom. The van der Waals surface area contributed by atoms with Crippen molar-refractivity contribution in [3.05, 3.63) is 70.5 Å². The van der Waals surface area contributed by atoms with E-state index in [0.29, 0.717) is 17.9 Å². The van der Waals surface area contributed by atoms with E-state index in [0.717, 1.165) is 28.1 Å². The first-order valence-electron chi connectivity index (χ1n) is 9.11. The lowest BCUT2D eigenvalue weighted by Crippen LogP contribution is -2.24. The number of nitrogens with one attached hydrogen (secondary N) is 1. The summed E-state index contributed by atoms with van der Waals surface area (Å²) >= 11 is 0. The van der Waals surface area contributed by atoms with Crippen molar-refractivity contribution in [2.45, 2.75) is 33.1 Å². The van der Waals surface area contributed by atoms with Gasteiger partial charge in [0.15, 0.2) is 5.69 Å². The Labute approximate surface area is 163 Å². The number of ether oxygens (including phenoxy) is 2. The van der Waals surface area contributed by atoms with E-state index in [4.69, 9.17) is 9.47 Å². The molecule has 4 rings (SSSR count). The number of aryl methyl sites for hydroxylation is 2. The highest BCUT2D eigenvalue weighted by atomic mass is 16.5. The molecule has 0 saturated carbocycles. The number of nitrogens with zero attached hydrogens (tertiary/aromatic N) is 3. The molecule has 1 aromatic heterocycles. The van der Waals surface area contributed by atoms with Crippen molar-refractivity contribution in [2.75, 3.05) is 12.4 Å². The fourth-order valence-corrected chi connectivity index (χ4v) is 3.45. The van der Waals surface area contributed by atoms with E-state index >= 15 is 0 Å². The summed E-state index contributed by atoms with van der Waals surface area (Å²) in [4.78, 5) is 12.7. The lowest BCUT2D eigenvalue weighted by Gasteiger charge is -2.24. The number of carbonyl (C=O) groups excluding carboxylic acids is 1. The van der Waals surface area contributed by atoms with Crippen LogP contribution in [0.3, 0.4) is 0 Å². The summed E-state index contributed by atoms with van der Waals surface area (Å²) in [5.41, 5.74) is 4.94. The molecule has 0 spiro atoms. The third-order valence-electron chi connectivity index (χ3n) is 4.78. The van der Waals surface area contributed by atoms with E-state index in [1.807, 2.05) is 50.2 Å². The van der Waals surface area contributed by atoms with Gasteiger partial charge in [-0.3, -0.25) is 4.79 Å². The molecule has 144 valence electrons. The lowest BCUT2D eigenvalue weighted by molar-refractivity contribution is -0.00173. The zero-order valence-corrected chi connectivity index (χ0v) is 16.1. The van der Waals surface area contributed by atoms with Crippen molar-refractivity contribution >= 4 is 11.6 Å². The minimum absolute atomic E-state index is 0.143. The van der Waals surface area contributed by atoms with Gasteiger partial charge in [0, 0.05) is 5.69 Å². The van der Waals surface area contributed by atoms with Crippen molar-refractivity contribution < 1.29 is 14.3 Å². The minimum Gasteiger partial charge on any atom is -0.497 e. The predicted octanol–water partition coefficient (Wildman–Crippen LogP) is 3.43. The molecule has 0 aliphatic carbocycles. The number of aromatic nitrogens is 3. The van der Waals surface area contributed by atoms with Gasteiger partial charge in [-0.2, -0.15) is 0 Å². The van der Waals surface area contributed by atoms with Gasteiger partial charge in [0.25, 0.3) is 5.91 Å². The van der Waals surface area contributed by atoms with Crippen molar-refractivity contribution in [3.8, 4) is 5.75 Å². The largest absolute Gasteiger partial charge is 0.497 e. The highest BCUT2D eigenvalue weighted by Crippen LogP contribution is 2.28. The molecule has 0 saturated heterocycles. The third-order valence-corrected chi connectivity index (χ3v) is 4.78. The average Bonchev–Trinajstić information content (AvgIpc) is 3.10. The highest BCUT2D eigenvalue weighted by molar-refractivity contribution is 6.03. The molecule has 2 aromatic carbocycles. The van der Waals surface area contributed by atoms with E-state index in [1.165, 1.54) is 0 Å². The second-order valence-corrected chi connectivity index (χ2v) is 6.97. The van der Waals surface area contributed by atoms with Crippen LogP contribution in [0.5, 0.6) is 5.75 Å². The van der Waals surface area contributed by atoms with Gasteiger partial charge in [-0.05, 0) is 54.8 Å². The quantitative estimate of drug-likeness (QED) is 0.753. The molecule has 0 radical (unpaired) electrons. The molecule has 3 aromatic rings. The summed E-state index contributed by atoms with van der Waals surface area (Å²) in [6.45, 7) is 4.77. The van der Waals surface area contributed by atoms with Crippen LogP contribution in [0.4, 0.5) is 5.69 Å². The van der Waals surface area contributed by atoms with E-state index in [2.05, 4.69) is 21.7 Å². The standard InChI is InChI=1S/C21H22N4O3/c1-13-8-14(2)10-16(9-13)22-21(26)20-18-12-28-19(11-25(18)24-23-20)15-4-6-17(27-3)7-5-15/h4-10,19H,11-12H2,1-3H3,(H,22,26)/t19-/m1/s1. The second-order valence-electron chi connectivity index (χ2n) is 6.97. The normalized spacial score (nSPS) is 15.8. The average molecular weight is 378 g/mol. The zero-order chi connectivity index (χ0) is 19.7. The van der Waals surface area contributed by atoms with Crippen molar-refractivity contribution in [2.24, 2.45) is 0 Å². The molecule has 1 N–H and O–H groups in total. The smallest absolute Gasteiger partial charge is 0.278 e. The Hall–Kier alpha value is -3.19. The van der Waals surface area contributed by atoms with Gasteiger partial charge in [0.1, 0.15) is 11.9 Å². The van der Waals surface area contributed by atoms with Crippen LogP contribution in [-0.2, 0) is 17.9 Å². The maximum absolute atomic E-state index is 12.7. The van der Waals surface area contributed by atoms with E-state index in [1.54, 1.807) is 11.8 Å². The Morgan fingerprint density at radius 1 is 1.18 bits per heavy atom. The molecule has 1 amide bonds. The number of methoxy groups -OCH3 is 1. The van der Waals surface area contributed by atoms with Gasteiger partial charge in [-0.15, -0.1) is 5.10 Å². The summed E-state index contributed by atoms with van der Waals surface area (Å²) in [6.07, 6.45) is -0.143. The van der Waals surface area contributed by atoms with Gasteiger partial charge in [0.2, 0.25) is 0 Å². The number of benzene rings is 2. The molecular weight excluding hydrogens is 356 g/mol. The summed E-state index contributed by atoms with van der Waals surface area (Å²) in [7, 11) is 1.64. The molecule has 28 heavy (non-hydrogen) atoms. The second kappa shape index (κ2) is 7.44. The van der Waals surface area contributed by atoms with Crippen molar-refractivity contribution in [1.82, 2.24) is 15.0 Å². The molecule has 0 bridgehead atoms. The van der Waals surface area contributed by atoms with Crippen molar-refractivity contribution in [1.29, 1.82) is 0 Å². The lowest BCUT2D eigenvalue weighted by atomic mass is 10.1. The Bertz CT molecular complexity index is 991. The monoisotopic (exact) mass is 378 g/mol. The molecule has 7 nitrogen and oxygen atoms in total. The zero-order valence-electron chi connectivity index (χ0n) is 16.1. The fourth-order valence-electron chi connectivity index (χ4n) is 3.45. The fraction of sp³-hybridized carbons (Fsp3) is 0.286. The number of hydrogen-bond donors (Lipinski definition) is 1. The Morgan fingerprint density at radius 3 is 2.57 bits per heavy atom. The summed E-state index contributed by atoms with van der Waals surface area (Å²) in [5, 5.41) is 11.2. The van der Waals surface area contributed by atoms with Crippen LogP contribution in [0.25, 0.3) is 0 Å². The van der Waals surface area contributed by atoms with Crippen LogP contribution in [0.15, 0.2) is 42.5 Å². The van der Waals surface area contributed by atoms with Crippen molar-refractivity contribution in [3.63, 3.8) is 0 Å². The Kier molecular flexibility index (Phi) is 4.83. The molecule has 0 unspecified atom stereocenters.